The van der Waals surface area contributed by atoms with Crippen LogP contribution in [0.4, 0.5) is 0 Å². The van der Waals surface area contributed by atoms with E-state index in [0.29, 0.717) is 6.10 Å². The van der Waals surface area contributed by atoms with Crippen molar-refractivity contribution >= 4 is 0 Å². The number of hydrogen-bond acceptors (Lipinski definition) is 1. The van der Waals surface area contributed by atoms with Crippen molar-refractivity contribution < 1.29 is 4.74 Å². The van der Waals surface area contributed by atoms with Crippen LogP contribution in [-0.4, -0.2) is 12.7 Å². The average Bonchev–Trinajstić information content (AvgIpc) is 2.26. The summed E-state index contributed by atoms with van der Waals surface area (Å²) in [5.74, 6) is 2.49. The van der Waals surface area contributed by atoms with Gasteiger partial charge in [0.1, 0.15) is 0 Å². The summed E-state index contributed by atoms with van der Waals surface area (Å²) in [5, 5.41) is 0. The molecule has 0 radical (unpaired) electrons. The van der Waals surface area contributed by atoms with E-state index in [1.807, 2.05) is 0 Å². The Bertz CT molecular complexity index is 159. The molecule has 1 heteroatoms. The van der Waals surface area contributed by atoms with E-state index in [9.17, 15) is 0 Å². The zero-order valence-electron chi connectivity index (χ0n) is 11.0. The van der Waals surface area contributed by atoms with Crippen molar-refractivity contribution in [2.24, 2.45) is 17.8 Å². The van der Waals surface area contributed by atoms with Gasteiger partial charge in [0.15, 0.2) is 0 Å². The van der Waals surface area contributed by atoms with Crippen LogP contribution in [0.3, 0.4) is 0 Å². The largest absolute Gasteiger partial charge is 0.378 e. The fourth-order valence-electron chi connectivity index (χ4n) is 2.33. The zero-order chi connectivity index (χ0) is 11.3. The van der Waals surface area contributed by atoms with E-state index in [2.05, 4.69) is 27.7 Å². The lowest BCUT2D eigenvalue weighted by atomic mass is 9.80. The van der Waals surface area contributed by atoms with Gasteiger partial charge in [-0.15, -0.1) is 0 Å². The molecule has 0 aromatic rings. The van der Waals surface area contributed by atoms with E-state index in [4.69, 9.17) is 4.74 Å². The lowest BCUT2D eigenvalue weighted by Crippen LogP contribution is -2.26. The monoisotopic (exact) mass is 212 g/mol. The molecule has 0 bridgehead atoms. The normalized spacial score (nSPS) is 31.2. The minimum absolute atomic E-state index is 0.478. The minimum Gasteiger partial charge on any atom is -0.378 e. The van der Waals surface area contributed by atoms with Crippen molar-refractivity contribution in [1.82, 2.24) is 0 Å². The second kappa shape index (κ2) is 6.52. The first-order valence-electron chi connectivity index (χ1n) is 6.75. The Morgan fingerprint density at radius 1 is 1.13 bits per heavy atom. The molecule has 1 aliphatic rings. The van der Waals surface area contributed by atoms with E-state index >= 15 is 0 Å². The smallest absolute Gasteiger partial charge is 0.0575 e. The summed E-state index contributed by atoms with van der Waals surface area (Å²) >= 11 is 0. The standard InChI is InChI=1S/C14H28O/c1-5-11(2)10-15-13(4)14-8-6-12(3)7-9-14/h11-14H,5-10H2,1-4H3. The second-order valence-electron chi connectivity index (χ2n) is 5.57. The predicted octanol–water partition coefficient (Wildman–Crippen LogP) is 4.26. The van der Waals surface area contributed by atoms with Crippen LogP contribution in [0.15, 0.2) is 0 Å². The number of ether oxygens (including phenoxy) is 1. The van der Waals surface area contributed by atoms with Gasteiger partial charge in [-0.25, -0.2) is 0 Å². The third kappa shape index (κ3) is 4.55. The van der Waals surface area contributed by atoms with Crippen LogP contribution in [0.5, 0.6) is 0 Å². The fraction of sp³-hybridized carbons (Fsp3) is 1.00. The summed E-state index contributed by atoms with van der Waals surface area (Å²) in [7, 11) is 0. The minimum atomic E-state index is 0.478. The van der Waals surface area contributed by atoms with Crippen molar-refractivity contribution in [2.45, 2.75) is 65.9 Å². The molecule has 2 atom stereocenters. The number of hydrogen-bond donors (Lipinski definition) is 0. The summed E-state index contributed by atoms with van der Waals surface area (Å²) in [5.41, 5.74) is 0. The van der Waals surface area contributed by atoms with Gasteiger partial charge < -0.3 is 4.74 Å². The predicted molar refractivity (Wildman–Crippen MR) is 66.0 cm³/mol. The highest BCUT2D eigenvalue weighted by Gasteiger charge is 2.23. The maximum Gasteiger partial charge on any atom is 0.0575 e. The van der Waals surface area contributed by atoms with Gasteiger partial charge >= 0.3 is 0 Å². The highest BCUT2D eigenvalue weighted by atomic mass is 16.5. The highest BCUT2D eigenvalue weighted by Crippen LogP contribution is 2.31. The average molecular weight is 212 g/mol. The van der Waals surface area contributed by atoms with Crippen LogP contribution < -0.4 is 0 Å². The van der Waals surface area contributed by atoms with Crippen molar-refractivity contribution in [1.29, 1.82) is 0 Å². The molecule has 1 saturated carbocycles. The molecule has 0 aromatic carbocycles. The van der Waals surface area contributed by atoms with Crippen LogP contribution in [-0.2, 0) is 4.74 Å². The molecule has 0 N–H and O–H groups in total. The summed E-state index contributed by atoms with van der Waals surface area (Å²) in [6.07, 6.45) is 7.27. The SMILES string of the molecule is CCC(C)COC(C)C1CCC(C)CC1. The van der Waals surface area contributed by atoms with Gasteiger partial charge in [0.2, 0.25) is 0 Å². The van der Waals surface area contributed by atoms with E-state index in [-0.39, 0.29) is 0 Å². The molecule has 0 aromatic heterocycles. The van der Waals surface area contributed by atoms with Crippen LogP contribution in [0, 0.1) is 17.8 Å². The fourth-order valence-corrected chi connectivity index (χ4v) is 2.33. The molecule has 0 aliphatic heterocycles. The Balaban J connectivity index is 2.19. The van der Waals surface area contributed by atoms with Gasteiger partial charge in [-0.05, 0) is 37.5 Å². The maximum atomic E-state index is 5.97. The molecule has 0 saturated heterocycles. The molecule has 0 amide bonds. The van der Waals surface area contributed by atoms with Gasteiger partial charge in [-0.1, -0.05) is 40.0 Å². The van der Waals surface area contributed by atoms with E-state index < -0.39 is 0 Å². The van der Waals surface area contributed by atoms with Crippen LogP contribution >= 0.6 is 0 Å². The van der Waals surface area contributed by atoms with Crippen molar-refractivity contribution in [3.05, 3.63) is 0 Å². The second-order valence-corrected chi connectivity index (χ2v) is 5.57. The first-order chi connectivity index (χ1) is 7.13. The summed E-state index contributed by atoms with van der Waals surface area (Å²) in [6.45, 7) is 10.1. The Hall–Kier alpha value is -0.0400. The van der Waals surface area contributed by atoms with Crippen LogP contribution in [0.1, 0.15) is 59.8 Å². The molecule has 15 heavy (non-hydrogen) atoms. The topological polar surface area (TPSA) is 9.23 Å². The van der Waals surface area contributed by atoms with E-state index in [1.165, 1.54) is 32.1 Å². The van der Waals surface area contributed by atoms with Gasteiger partial charge in [0, 0.05) is 6.61 Å². The lowest BCUT2D eigenvalue weighted by Gasteiger charge is -2.31. The van der Waals surface area contributed by atoms with Gasteiger partial charge in [0.25, 0.3) is 0 Å². The van der Waals surface area contributed by atoms with E-state index in [1.54, 1.807) is 0 Å². The summed E-state index contributed by atoms with van der Waals surface area (Å²) < 4.78 is 5.97. The lowest BCUT2D eigenvalue weighted by molar-refractivity contribution is -0.00687. The Labute approximate surface area is 95.6 Å². The molecule has 2 unspecified atom stereocenters. The highest BCUT2D eigenvalue weighted by molar-refractivity contribution is 4.74. The Morgan fingerprint density at radius 2 is 1.73 bits per heavy atom. The third-order valence-electron chi connectivity index (χ3n) is 4.06. The molecular weight excluding hydrogens is 184 g/mol. The molecule has 1 fully saturated rings. The van der Waals surface area contributed by atoms with Crippen LogP contribution in [0.2, 0.25) is 0 Å². The Kier molecular flexibility index (Phi) is 5.66. The molecule has 1 nitrogen and oxygen atoms in total. The molecule has 1 rings (SSSR count). The third-order valence-corrected chi connectivity index (χ3v) is 4.06. The van der Waals surface area contributed by atoms with Crippen molar-refractivity contribution in [3.8, 4) is 0 Å². The van der Waals surface area contributed by atoms with Gasteiger partial charge in [0.05, 0.1) is 6.10 Å². The first-order valence-corrected chi connectivity index (χ1v) is 6.75. The molecular formula is C14H28O. The van der Waals surface area contributed by atoms with Gasteiger partial charge in [-0.3, -0.25) is 0 Å². The van der Waals surface area contributed by atoms with Crippen molar-refractivity contribution in [3.63, 3.8) is 0 Å². The molecule has 90 valence electrons. The van der Waals surface area contributed by atoms with Gasteiger partial charge in [-0.2, -0.15) is 0 Å². The van der Waals surface area contributed by atoms with Crippen LogP contribution in [0.25, 0.3) is 0 Å². The maximum absolute atomic E-state index is 5.97. The summed E-state index contributed by atoms with van der Waals surface area (Å²) in [4.78, 5) is 0. The van der Waals surface area contributed by atoms with Crippen molar-refractivity contribution in [2.75, 3.05) is 6.61 Å². The quantitative estimate of drug-likeness (QED) is 0.661. The Morgan fingerprint density at radius 3 is 2.27 bits per heavy atom. The molecule has 0 spiro atoms. The first kappa shape index (κ1) is 13.0. The molecule has 0 heterocycles. The summed E-state index contributed by atoms with van der Waals surface area (Å²) in [6, 6.07) is 0. The van der Waals surface area contributed by atoms with E-state index in [0.717, 1.165) is 24.4 Å². The number of rotatable bonds is 5. The molecule has 1 aliphatic carbocycles. The zero-order valence-corrected chi connectivity index (χ0v) is 11.0.